The number of hydrogen-bond acceptors (Lipinski definition) is 3. The largest absolute Gasteiger partial charge is 0.337 e. The van der Waals surface area contributed by atoms with Crippen LogP contribution in [-0.2, 0) is 7.05 Å². The molecule has 2 aromatic rings. The lowest BCUT2D eigenvalue weighted by Gasteiger charge is -2.41. The van der Waals surface area contributed by atoms with E-state index in [0.29, 0.717) is 22.4 Å². The fraction of sp³-hybridized carbons (Fsp3) is 0.526. The highest BCUT2D eigenvalue weighted by Crippen LogP contribution is 2.36. The van der Waals surface area contributed by atoms with Crippen molar-refractivity contribution in [1.29, 1.82) is 0 Å². The van der Waals surface area contributed by atoms with Gasteiger partial charge in [-0.05, 0) is 30.7 Å². The Labute approximate surface area is 141 Å². The predicted molar refractivity (Wildman–Crippen MR) is 93.0 cm³/mol. The zero-order valence-corrected chi connectivity index (χ0v) is 14.1. The molecule has 1 aromatic carbocycles. The van der Waals surface area contributed by atoms with Crippen LogP contribution >= 0.6 is 0 Å². The van der Waals surface area contributed by atoms with Gasteiger partial charge in [-0.15, -0.1) is 0 Å². The number of likely N-dealkylation sites (tertiary alicyclic amines) is 1. The Kier molecular flexibility index (Phi) is 3.87. The Hall–Kier alpha value is -2.17. The molecular weight excluding hydrogens is 302 g/mol. The van der Waals surface area contributed by atoms with E-state index in [0.717, 1.165) is 25.4 Å². The summed E-state index contributed by atoms with van der Waals surface area (Å²) in [6, 6.07) is 7.27. The van der Waals surface area contributed by atoms with Crippen molar-refractivity contribution in [2.45, 2.75) is 32.1 Å². The van der Waals surface area contributed by atoms with Gasteiger partial charge in [0.15, 0.2) is 5.69 Å². The molecule has 2 fully saturated rings. The van der Waals surface area contributed by atoms with Crippen molar-refractivity contribution in [3.8, 4) is 0 Å². The molecular formula is C19H23N3O2. The minimum Gasteiger partial charge on any atom is -0.337 e. The molecule has 4 rings (SSSR count). The summed E-state index contributed by atoms with van der Waals surface area (Å²) >= 11 is 0. The third kappa shape index (κ3) is 2.52. The highest BCUT2D eigenvalue weighted by atomic mass is 16.2. The minimum absolute atomic E-state index is 0.0363. The van der Waals surface area contributed by atoms with E-state index in [-0.39, 0.29) is 11.5 Å². The van der Waals surface area contributed by atoms with Gasteiger partial charge in [-0.1, -0.05) is 37.5 Å². The quantitative estimate of drug-likeness (QED) is 0.810. The number of fused-ring (bicyclic) bond motifs is 2. The average molecular weight is 325 g/mol. The van der Waals surface area contributed by atoms with Crippen LogP contribution in [0.15, 0.2) is 29.1 Å². The van der Waals surface area contributed by atoms with Gasteiger partial charge in [-0.3, -0.25) is 9.59 Å². The number of rotatable bonds is 1. The molecule has 1 amide bonds. The van der Waals surface area contributed by atoms with Crippen molar-refractivity contribution in [3.63, 3.8) is 0 Å². The van der Waals surface area contributed by atoms with Crippen molar-refractivity contribution in [1.82, 2.24) is 14.7 Å². The molecule has 5 heteroatoms. The number of carbonyl (C=O) groups excluding carboxylic acids is 1. The molecule has 0 radical (unpaired) electrons. The minimum atomic E-state index is -0.159. The van der Waals surface area contributed by atoms with E-state index in [4.69, 9.17) is 0 Å². The van der Waals surface area contributed by atoms with Gasteiger partial charge in [0.05, 0.1) is 5.39 Å². The van der Waals surface area contributed by atoms with E-state index in [1.807, 2.05) is 23.1 Å². The second-order valence-corrected chi connectivity index (χ2v) is 7.17. The van der Waals surface area contributed by atoms with Gasteiger partial charge in [-0.25, -0.2) is 4.68 Å². The summed E-state index contributed by atoms with van der Waals surface area (Å²) in [6.45, 7) is 1.64. The van der Waals surface area contributed by atoms with E-state index in [9.17, 15) is 9.59 Å². The summed E-state index contributed by atoms with van der Waals surface area (Å²) in [7, 11) is 1.61. The maximum Gasteiger partial charge on any atom is 0.274 e. The molecule has 1 aliphatic heterocycles. The molecule has 1 saturated carbocycles. The number of benzene rings is 1. The van der Waals surface area contributed by atoms with Crippen molar-refractivity contribution >= 4 is 16.7 Å². The third-order valence-corrected chi connectivity index (χ3v) is 5.74. The van der Waals surface area contributed by atoms with Crippen LogP contribution < -0.4 is 5.56 Å². The Bertz CT molecular complexity index is 842. The molecule has 0 N–H and O–H groups in total. The molecule has 24 heavy (non-hydrogen) atoms. The van der Waals surface area contributed by atoms with Gasteiger partial charge < -0.3 is 4.90 Å². The molecule has 2 atom stereocenters. The van der Waals surface area contributed by atoms with Crippen LogP contribution in [0.25, 0.3) is 10.8 Å². The Balaban J connectivity index is 1.69. The molecule has 5 nitrogen and oxygen atoms in total. The van der Waals surface area contributed by atoms with Gasteiger partial charge in [0.2, 0.25) is 0 Å². The van der Waals surface area contributed by atoms with Crippen LogP contribution in [0.4, 0.5) is 0 Å². The van der Waals surface area contributed by atoms with Gasteiger partial charge >= 0.3 is 0 Å². The molecule has 1 saturated heterocycles. The average Bonchev–Trinajstić information content (AvgIpc) is 2.64. The lowest BCUT2D eigenvalue weighted by atomic mass is 9.75. The molecule has 1 aliphatic carbocycles. The molecule has 0 bridgehead atoms. The molecule has 2 aliphatic rings. The van der Waals surface area contributed by atoms with E-state index in [1.54, 1.807) is 13.1 Å². The van der Waals surface area contributed by atoms with E-state index in [1.165, 1.54) is 30.4 Å². The Morgan fingerprint density at radius 3 is 2.58 bits per heavy atom. The van der Waals surface area contributed by atoms with Crippen molar-refractivity contribution in [3.05, 3.63) is 40.3 Å². The zero-order chi connectivity index (χ0) is 16.7. The topological polar surface area (TPSA) is 55.2 Å². The van der Waals surface area contributed by atoms with Gasteiger partial charge in [0, 0.05) is 25.5 Å². The summed E-state index contributed by atoms with van der Waals surface area (Å²) in [6.07, 6.45) is 6.26. The number of nitrogens with zero attached hydrogens (tertiary/aromatic N) is 3. The van der Waals surface area contributed by atoms with Crippen LogP contribution in [0.5, 0.6) is 0 Å². The van der Waals surface area contributed by atoms with Crippen LogP contribution in [0.1, 0.15) is 42.6 Å². The maximum absolute atomic E-state index is 13.1. The number of amides is 1. The van der Waals surface area contributed by atoms with Crippen LogP contribution in [0.2, 0.25) is 0 Å². The predicted octanol–water partition coefficient (Wildman–Crippen LogP) is 2.59. The number of carbonyl (C=O) groups is 1. The van der Waals surface area contributed by atoms with E-state index >= 15 is 0 Å². The number of hydrogen-bond donors (Lipinski definition) is 0. The summed E-state index contributed by atoms with van der Waals surface area (Å²) < 4.78 is 1.28. The highest BCUT2D eigenvalue weighted by Gasteiger charge is 2.34. The van der Waals surface area contributed by atoms with Gasteiger partial charge in [0.1, 0.15) is 0 Å². The first-order valence-electron chi connectivity index (χ1n) is 8.90. The number of aromatic nitrogens is 2. The summed E-state index contributed by atoms with van der Waals surface area (Å²) in [5, 5.41) is 5.52. The van der Waals surface area contributed by atoms with Gasteiger partial charge in [0.25, 0.3) is 11.5 Å². The SMILES string of the molecule is Cn1nc(C(=O)N2CC[C@@H]3CCCC[C@@H]3C2)c2ccccc2c1=O. The number of piperidine rings is 1. The Morgan fingerprint density at radius 2 is 1.79 bits per heavy atom. The number of aryl methyl sites for hydroxylation is 1. The van der Waals surface area contributed by atoms with E-state index in [2.05, 4.69) is 5.10 Å². The highest BCUT2D eigenvalue weighted by molar-refractivity contribution is 6.04. The first-order chi connectivity index (χ1) is 11.6. The summed E-state index contributed by atoms with van der Waals surface area (Å²) in [4.78, 5) is 27.3. The van der Waals surface area contributed by atoms with Crippen molar-refractivity contribution in [2.75, 3.05) is 13.1 Å². The second kappa shape index (κ2) is 6.04. The van der Waals surface area contributed by atoms with Gasteiger partial charge in [-0.2, -0.15) is 5.10 Å². The van der Waals surface area contributed by atoms with Crippen LogP contribution in [-0.4, -0.2) is 33.7 Å². The monoisotopic (exact) mass is 325 g/mol. The van der Waals surface area contributed by atoms with Crippen LogP contribution in [0.3, 0.4) is 0 Å². The summed E-state index contributed by atoms with van der Waals surface area (Å²) in [5.74, 6) is 1.38. The lowest BCUT2D eigenvalue weighted by molar-refractivity contribution is 0.0515. The summed E-state index contributed by atoms with van der Waals surface area (Å²) in [5.41, 5.74) is 0.245. The molecule has 2 heterocycles. The van der Waals surface area contributed by atoms with E-state index < -0.39 is 0 Å². The van der Waals surface area contributed by atoms with Crippen LogP contribution in [0, 0.1) is 11.8 Å². The molecule has 0 spiro atoms. The zero-order valence-electron chi connectivity index (χ0n) is 14.1. The van der Waals surface area contributed by atoms with Crippen molar-refractivity contribution in [2.24, 2.45) is 18.9 Å². The first kappa shape index (κ1) is 15.4. The first-order valence-corrected chi connectivity index (χ1v) is 8.90. The third-order valence-electron chi connectivity index (χ3n) is 5.74. The second-order valence-electron chi connectivity index (χ2n) is 7.17. The smallest absolute Gasteiger partial charge is 0.274 e. The maximum atomic E-state index is 13.1. The Morgan fingerprint density at radius 1 is 1.08 bits per heavy atom. The standard InChI is InChI=1S/C19H23N3O2/c1-21-18(23)16-9-5-4-8-15(16)17(20-21)19(24)22-11-10-13-6-2-3-7-14(13)12-22/h4-5,8-9,13-14H,2-3,6-7,10-12H2,1H3/t13-,14+/m0/s1. The molecule has 1 aromatic heterocycles. The fourth-order valence-corrected chi connectivity index (χ4v) is 4.39. The fourth-order valence-electron chi connectivity index (χ4n) is 4.39. The lowest BCUT2D eigenvalue weighted by Crippen LogP contribution is -2.45. The molecule has 0 unspecified atom stereocenters. The van der Waals surface area contributed by atoms with Crippen molar-refractivity contribution < 1.29 is 4.79 Å². The molecule has 126 valence electrons. The normalized spacial score (nSPS) is 24.0.